The van der Waals surface area contributed by atoms with Crippen LogP contribution in [0.1, 0.15) is 19.3 Å². The molecule has 3 nitrogen and oxygen atoms in total. The number of carbonyl (C=O) groups excluding carboxylic acids is 1. The van der Waals surface area contributed by atoms with Gasteiger partial charge in [-0.3, -0.25) is 10.1 Å². The van der Waals surface area contributed by atoms with E-state index in [-0.39, 0.29) is 6.04 Å². The molecule has 3 atom stereocenters. The molecule has 0 bridgehead atoms. The maximum absolute atomic E-state index is 12.0. The van der Waals surface area contributed by atoms with Gasteiger partial charge in [0, 0.05) is 24.2 Å². The van der Waals surface area contributed by atoms with Crippen LogP contribution < -0.4 is 5.32 Å². The lowest BCUT2D eigenvalue weighted by Gasteiger charge is -2.45. The number of hydrogen-bond donors (Lipinski definition) is 1. The maximum atomic E-state index is 12.0. The van der Waals surface area contributed by atoms with Crippen molar-refractivity contribution >= 4 is 17.7 Å². The van der Waals surface area contributed by atoms with Crippen LogP contribution in [0.4, 0.5) is 0 Å². The van der Waals surface area contributed by atoms with Gasteiger partial charge in [0.15, 0.2) is 0 Å². The SMILES string of the molecule is O=C([C@H]1CSCN1)N1CC2CCCC21. The Morgan fingerprint density at radius 3 is 3.07 bits per heavy atom. The van der Waals surface area contributed by atoms with Crippen molar-refractivity contribution < 1.29 is 4.79 Å². The number of rotatable bonds is 1. The van der Waals surface area contributed by atoms with Crippen LogP contribution in [-0.4, -0.2) is 41.1 Å². The van der Waals surface area contributed by atoms with Crippen molar-refractivity contribution in [2.45, 2.75) is 31.3 Å². The molecule has 3 aliphatic rings. The first-order chi connectivity index (χ1) is 6.86. The fourth-order valence-electron chi connectivity index (χ4n) is 2.90. The van der Waals surface area contributed by atoms with E-state index in [1.165, 1.54) is 19.3 Å². The molecule has 2 aliphatic heterocycles. The summed E-state index contributed by atoms with van der Waals surface area (Å²) in [6.07, 6.45) is 3.92. The highest BCUT2D eigenvalue weighted by atomic mass is 32.2. The van der Waals surface area contributed by atoms with Crippen LogP contribution in [0.5, 0.6) is 0 Å². The molecular weight excluding hydrogens is 196 g/mol. The van der Waals surface area contributed by atoms with E-state index in [0.29, 0.717) is 11.9 Å². The molecule has 3 rings (SSSR count). The third kappa shape index (κ3) is 1.27. The molecule has 0 radical (unpaired) electrons. The molecule has 3 fully saturated rings. The quantitative estimate of drug-likeness (QED) is 0.693. The number of carbonyl (C=O) groups is 1. The molecule has 78 valence electrons. The van der Waals surface area contributed by atoms with E-state index in [1.54, 1.807) is 0 Å². The monoisotopic (exact) mass is 212 g/mol. The number of likely N-dealkylation sites (tertiary alicyclic amines) is 1. The van der Waals surface area contributed by atoms with Gasteiger partial charge in [0.1, 0.15) is 0 Å². The van der Waals surface area contributed by atoms with E-state index in [0.717, 1.165) is 24.1 Å². The molecule has 0 aromatic heterocycles. The first-order valence-corrected chi connectivity index (χ1v) is 6.63. The van der Waals surface area contributed by atoms with E-state index in [1.807, 2.05) is 11.8 Å². The van der Waals surface area contributed by atoms with Gasteiger partial charge in [-0.2, -0.15) is 0 Å². The van der Waals surface area contributed by atoms with Crippen LogP contribution in [0.15, 0.2) is 0 Å². The summed E-state index contributed by atoms with van der Waals surface area (Å²) in [6, 6.07) is 0.719. The first kappa shape index (κ1) is 9.04. The fraction of sp³-hybridized carbons (Fsp3) is 0.900. The van der Waals surface area contributed by atoms with Gasteiger partial charge in [0.25, 0.3) is 0 Å². The third-order valence-corrected chi connectivity index (χ3v) is 4.69. The molecule has 1 N–H and O–H groups in total. The van der Waals surface area contributed by atoms with Gasteiger partial charge in [-0.25, -0.2) is 0 Å². The van der Waals surface area contributed by atoms with Gasteiger partial charge in [-0.1, -0.05) is 6.42 Å². The van der Waals surface area contributed by atoms with Crippen molar-refractivity contribution in [2.24, 2.45) is 5.92 Å². The van der Waals surface area contributed by atoms with Gasteiger partial charge in [-0.05, 0) is 18.8 Å². The van der Waals surface area contributed by atoms with Gasteiger partial charge < -0.3 is 4.90 Å². The zero-order valence-electron chi connectivity index (χ0n) is 8.24. The highest BCUT2D eigenvalue weighted by Gasteiger charge is 2.46. The predicted octanol–water partition coefficient (Wildman–Crippen LogP) is 0.660. The van der Waals surface area contributed by atoms with Gasteiger partial charge in [0.05, 0.1) is 6.04 Å². The lowest BCUT2D eigenvalue weighted by Crippen LogP contribution is -2.60. The Labute approximate surface area is 88.6 Å². The zero-order chi connectivity index (χ0) is 9.54. The summed E-state index contributed by atoms with van der Waals surface area (Å²) < 4.78 is 0. The number of nitrogens with zero attached hydrogens (tertiary/aromatic N) is 1. The Bertz CT molecular complexity index is 253. The second-order valence-corrected chi connectivity index (χ2v) is 5.55. The molecule has 14 heavy (non-hydrogen) atoms. The summed E-state index contributed by atoms with van der Waals surface area (Å²) in [5.74, 6) is 3.11. The van der Waals surface area contributed by atoms with Crippen LogP contribution in [-0.2, 0) is 4.79 Å². The number of hydrogen-bond acceptors (Lipinski definition) is 3. The van der Waals surface area contributed by atoms with Crippen molar-refractivity contribution in [1.29, 1.82) is 0 Å². The molecule has 1 amide bonds. The highest BCUT2D eigenvalue weighted by molar-refractivity contribution is 7.99. The van der Waals surface area contributed by atoms with Gasteiger partial charge >= 0.3 is 0 Å². The van der Waals surface area contributed by atoms with E-state index in [4.69, 9.17) is 0 Å². The van der Waals surface area contributed by atoms with E-state index < -0.39 is 0 Å². The van der Waals surface area contributed by atoms with Crippen LogP contribution in [0.25, 0.3) is 0 Å². The minimum Gasteiger partial charge on any atom is -0.338 e. The van der Waals surface area contributed by atoms with Crippen molar-refractivity contribution in [3.05, 3.63) is 0 Å². The molecule has 1 aliphatic carbocycles. The smallest absolute Gasteiger partial charge is 0.240 e. The van der Waals surface area contributed by atoms with Crippen LogP contribution in [0.2, 0.25) is 0 Å². The molecule has 4 heteroatoms. The number of thioether (sulfide) groups is 1. The Morgan fingerprint density at radius 2 is 2.36 bits per heavy atom. The van der Waals surface area contributed by atoms with Crippen LogP contribution in [0, 0.1) is 5.92 Å². The molecule has 0 aromatic rings. The summed E-state index contributed by atoms with van der Waals surface area (Å²) in [6.45, 7) is 1.03. The topological polar surface area (TPSA) is 32.3 Å². The van der Waals surface area contributed by atoms with Crippen molar-refractivity contribution in [3.8, 4) is 0 Å². The third-order valence-electron chi connectivity index (χ3n) is 3.75. The zero-order valence-corrected chi connectivity index (χ0v) is 9.05. The summed E-state index contributed by atoms with van der Waals surface area (Å²) in [5, 5.41) is 3.26. The Hall–Kier alpha value is -0.220. The maximum Gasteiger partial charge on any atom is 0.240 e. The van der Waals surface area contributed by atoms with E-state index in [9.17, 15) is 4.79 Å². The van der Waals surface area contributed by atoms with Crippen molar-refractivity contribution in [2.75, 3.05) is 18.2 Å². The van der Waals surface area contributed by atoms with Gasteiger partial charge in [-0.15, -0.1) is 11.8 Å². The molecule has 0 spiro atoms. The van der Waals surface area contributed by atoms with Crippen LogP contribution >= 0.6 is 11.8 Å². The molecule has 1 saturated carbocycles. The van der Waals surface area contributed by atoms with E-state index >= 15 is 0 Å². The van der Waals surface area contributed by atoms with Crippen molar-refractivity contribution in [1.82, 2.24) is 10.2 Å². The van der Waals surface area contributed by atoms with E-state index in [2.05, 4.69) is 10.2 Å². The van der Waals surface area contributed by atoms with Crippen LogP contribution in [0.3, 0.4) is 0 Å². The Kier molecular flexibility index (Phi) is 2.21. The molecular formula is C10H16N2OS. The lowest BCUT2D eigenvalue weighted by atomic mass is 9.91. The minimum absolute atomic E-state index is 0.113. The van der Waals surface area contributed by atoms with Crippen molar-refractivity contribution in [3.63, 3.8) is 0 Å². The highest BCUT2D eigenvalue weighted by Crippen LogP contribution is 2.39. The average Bonchev–Trinajstić information content (AvgIpc) is 2.75. The minimum atomic E-state index is 0.113. The summed E-state index contributed by atoms with van der Waals surface area (Å²) >= 11 is 1.83. The second kappa shape index (κ2) is 3.42. The Morgan fingerprint density at radius 1 is 1.43 bits per heavy atom. The standard InChI is InChI=1S/C10H16N2OS/c13-10(8-5-14-6-11-8)12-4-7-2-1-3-9(7)12/h7-9,11H,1-6H2/t7?,8-,9?/m1/s1. The van der Waals surface area contributed by atoms with Gasteiger partial charge in [0.2, 0.25) is 5.91 Å². The number of amides is 1. The second-order valence-electron chi connectivity index (χ2n) is 4.52. The summed E-state index contributed by atoms with van der Waals surface area (Å²) in [5.41, 5.74) is 0. The number of fused-ring (bicyclic) bond motifs is 1. The summed E-state index contributed by atoms with van der Waals surface area (Å²) in [7, 11) is 0. The molecule has 2 heterocycles. The largest absolute Gasteiger partial charge is 0.338 e. The molecule has 2 unspecified atom stereocenters. The average molecular weight is 212 g/mol. The predicted molar refractivity (Wildman–Crippen MR) is 57.1 cm³/mol. The normalized spacial score (nSPS) is 40.9. The molecule has 2 saturated heterocycles. The summed E-state index contributed by atoms with van der Waals surface area (Å²) in [4.78, 5) is 14.1. The number of nitrogens with one attached hydrogen (secondary N) is 1. The fourth-order valence-corrected chi connectivity index (χ4v) is 3.83. The first-order valence-electron chi connectivity index (χ1n) is 5.48. The lowest BCUT2D eigenvalue weighted by molar-refractivity contribution is -0.143. The molecule has 0 aromatic carbocycles. The Balaban J connectivity index is 1.63.